The zero-order valence-electron chi connectivity index (χ0n) is 15.0. The van der Waals surface area contributed by atoms with Crippen LogP contribution in [-0.2, 0) is 4.79 Å². The maximum absolute atomic E-state index is 13.1. The molecule has 0 spiro atoms. The fraction of sp³-hybridized carbons (Fsp3) is 0.450. The maximum atomic E-state index is 13.1. The fourth-order valence-electron chi connectivity index (χ4n) is 4.13. The van der Waals surface area contributed by atoms with E-state index in [1.165, 1.54) is 0 Å². The summed E-state index contributed by atoms with van der Waals surface area (Å²) in [5.74, 6) is 0.171. The molecule has 0 saturated carbocycles. The second-order valence-corrected chi connectivity index (χ2v) is 7.17. The Morgan fingerprint density at radius 3 is 2.88 bits per heavy atom. The molecule has 3 aliphatic heterocycles. The van der Waals surface area contributed by atoms with E-state index in [9.17, 15) is 9.59 Å². The first-order chi connectivity index (χ1) is 12.7. The number of amides is 2. The third-order valence-electron chi connectivity index (χ3n) is 5.41. The molecule has 0 aliphatic carbocycles. The van der Waals surface area contributed by atoms with Crippen LogP contribution in [0.25, 0.3) is 5.69 Å². The first-order valence-corrected chi connectivity index (χ1v) is 9.37. The van der Waals surface area contributed by atoms with Crippen LogP contribution in [0.15, 0.2) is 42.7 Å². The zero-order valence-corrected chi connectivity index (χ0v) is 15.0. The molecule has 2 amide bonds. The highest BCUT2D eigenvalue weighted by Gasteiger charge is 2.41. The molecule has 6 nitrogen and oxygen atoms in total. The summed E-state index contributed by atoms with van der Waals surface area (Å²) in [5, 5.41) is 4.23. The van der Waals surface area contributed by atoms with Gasteiger partial charge in [-0.05, 0) is 43.5 Å². The van der Waals surface area contributed by atoms with E-state index in [1.54, 1.807) is 10.9 Å². The van der Waals surface area contributed by atoms with Crippen molar-refractivity contribution in [2.75, 3.05) is 19.6 Å². The quantitative estimate of drug-likeness (QED) is 0.849. The normalized spacial score (nSPS) is 22.6. The molecule has 2 atom stereocenters. The minimum absolute atomic E-state index is 0.00190. The molecule has 5 rings (SSSR count). The second kappa shape index (κ2) is 6.94. The summed E-state index contributed by atoms with van der Waals surface area (Å²) in [6.07, 6.45) is 6.41. The van der Waals surface area contributed by atoms with Crippen LogP contribution >= 0.6 is 0 Å². The molecule has 6 heteroatoms. The Morgan fingerprint density at radius 1 is 1.23 bits per heavy atom. The van der Waals surface area contributed by atoms with E-state index in [0.29, 0.717) is 18.7 Å². The molecule has 3 saturated heterocycles. The first kappa shape index (κ1) is 16.8. The summed E-state index contributed by atoms with van der Waals surface area (Å²) in [4.78, 5) is 29.7. The van der Waals surface area contributed by atoms with Crippen LogP contribution in [0, 0.1) is 5.92 Å². The highest BCUT2D eigenvalue weighted by Crippen LogP contribution is 2.30. The van der Waals surface area contributed by atoms with Gasteiger partial charge in [-0.25, -0.2) is 4.68 Å². The third kappa shape index (κ3) is 3.00. The van der Waals surface area contributed by atoms with Crippen molar-refractivity contribution in [3.63, 3.8) is 0 Å². The van der Waals surface area contributed by atoms with Crippen molar-refractivity contribution >= 4 is 11.8 Å². The number of nitrogens with zero attached hydrogens (tertiary/aromatic N) is 4. The number of hydrogen-bond donors (Lipinski definition) is 0. The van der Waals surface area contributed by atoms with Gasteiger partial charge in [0.25, 0.3) is 5.91 Å². The van der Waals surface area contributed by atoms with Gasteiger partial charge in [0.05, 0.1) is 11.6 Å². The number of piperidine rings is 1. The van der Waals surface area contributed by atoms with Crippen LogP contribution in [0.3, 0.4) is 0 Å². The van der Waals surface area contributed by atoms with E-state index in [1.807, 2.05) is 46.3 Å². The lowest BCUT2D eigenvalue weighted by atomic mass is 9.94. The van der Waals surface area contributed by atoms with Crippen molar-refractivity contribution < 1.29 is 9.59 Å². The smallest absolute Gasteiger partial charge is 0.254 e. The van der Waals surface area contributed by atoms with Crippen molar-refractivity contribution in [2.24, 2.45) is 5.92 Å². The van der Waals surface area contributed by atoms with E-state index < -0.39 is 0 Å². The number of fused-ring (bicyclic) bond motifs is 4. The van der Waals surface area contributed by atoms with E-state index in [4.69, 9.17) is 0 Å². The van der Waals surface area contributed by atoms with Gasteiger partial charge in [0.15, 0.2) is 0 Å². The SMILES string of the molecule is CCCN1C(=O)[C@H]2CC[C@@H]1CN(C(=O)c1cccc(-n3cccn3)c1)C2. The predicted molar refractivity (Wildman–Crippen MR) is 98.0 cm³/mol. The molecule has 3 aliphatic rings. The van der Waals surface area contributed by atoms with Gasteiger partial charge in [0.1, 0.15) is 0 Å². The molecule has 2 aromatic rings. The minimum atomic E-state index is -0.0569. The Balaban J connectivity index is 1.57. The number of carbonyl (C=O) groups is 2. The largest absolute Gasteiger partial charge is 0.338 e. The van der Waals surface area contributed by atoms with Crippen LogP contribution in [0.2, 0.25) is 0 Å². The van der Waals surface area contributed by atoms with E-state index in [-0.39, 0.29) is 23.8 Å². The number of hydrogen-bond acceptors (Lipinski definition) is 3. The summed E-state index contributed by atoms with van der Waals surface area (Å²) in [6, 6.07) is 9.53. The molecule has 1 aromatic carbocycles. The van der Waals surface area contributed by atoms with E-state index in [0.717, 1.165) is 31.5 Å². The topological polar surface area (TPSA) is 58.4 Å². The predicted octanol–water partition coefficient (Wildman–Crippen LogP) is 2.35. The maximum Gasteiger partial charge on any atom is 0.254 e. The average molecular weight is 352 g/mol. The summed E-state index contributed by atoms with van der Waals surface area (Å²) in [5.41, 5.74) is 1.51. The number of aromatic nitrogens is 2. The molecule has 26 heavy (non-hydrogen) atoms. The summed E-state index contributed by atoms with van der Waals surface area (Å²) < 4.78 is 1.75. The average Bonchev–Trinajstić information content (AvgIpc) is 3.07. The Morgan fingerprint density at radius 2 is 2.12 bits per heavy atom. The fourth-order valence-corrected chi connectivity index (χ4v) is 4.13. The van der Waals surface area contributed by atoms with Gasteiger partial charge in [-0.3, -0.25) is 9.59 Å². The number of benzene rings is 1. The van der Waals surface area contributed by atoms with Gasteiger partial charge in [-0.1, -0.05) is 13.0 Å². The van der Waals surface area contributed by atoms with Gasteiger partial charge < -0.3 is 9.80 Å². The Labute approximate surface area is 153 Å². The lowest BCUT2D eigenvalue weighted by molar-refractivity contribution is -0.139. The molecule has 0 unspecified atom stereocenters. The van der Waals surface area contributed by atoms with Crippen LogP contribution in [0.5, 0.6) is 0 Å². The molecule has 1 aromatic heterocycles. The lowest BCUT2D eigenvalue weighted by Crippen LogP contribution is -2.48. The molecule has 0 N–H and O–H groups in total. The number of rotatable bonds is 4. The molecule has 4 heterocycles. The molecule has 136 valence electrons. The molecule has 0 radical (unpaired) electrons. The van der Waals surface area contributed by atoms with Crippen molar-refractivity contribution in [1.82, 2.24) is 19.6 Å². The van der Waals surface area contributed by atoms with Crippen molar-refractivity contribution in [3.8, 4) is 5.69 Å². The van der Waals surface area contributed by atoms with Gasteiger partial charge >= 0.3 is 0 Å². The monoisotopic (exact) mass is 352 g/mol. The van der Waals surface area contributed by atoms with Crippen molar-refractivity contribution in [1.29, 1.82) is 0 Å². The van der Waals surface area contributed by atoms with Gasteiger partial charge in [0, 0.05) is 43.6 Å². The van der Waals surface area contributed by atoms with Crippen LogP contribution in [-0.4, -0.2) is 57.1 Å². The van der Waals surface area contributed by atoms with E-state index >= 15 is 0 Å². The van der Waals surface area contributed by atoms with Crippen molar-refractivity contribution in [3.05, 3.63) is 48.3 Å². The van der Waals surface area contributed by atoms with Gasteiger partial charge in [0.2, 0.25) is 5.91 Å². The van der Waals surface area contributed by atoms with E-state index in [2.05, 4.69) is 12.0 Å². The lowest BCUT2D eigenvalue weighted by Gasteiger charge is -2.35. The Bertz CT molecular complexity index is 802. The minimum Gasteiger partial charge on any atom is -0.338 e. The van der Waals surface area contributed by atoms with Crippen LogP contribution < -0.4 is 0 Å². The van der Waals surface area contributed by atoms with Crippen LogP contribution in [0.4, 0.5) is 0 Å². The highest BCUT2D eigenvalue weighted by atomic mass is 16.2. The van der Waals surface area contributed by atoms with Crippen LogP contribution in [0.1, 0.15) is 36.5 Å². The zero-order chi connectivity index (χ0) is 18.1. The summed E-state index contributed by atoms with van der Waals surface area (Å²) >= 11 is 0. The molecule has 3 fully saturated rings. The van der Waals surface area contributed by atoms with Crippen molar-refractivity contribution in [2.45, 2.75) is 32.2 Å². The summed E-state index contributed by atoms with van der Waals surface area (Å²) in [6.45, 7) is 4.04. The standard InChI is InChI=1S/C20H24N4O2/c1-2-10-23-18-8-7-16(20(23)26)13-22(14-18)19(25)15-5-3-6-17(12-15)24-11-4-9-21-24/h3-6,9,11-12,16,18H,2,7-8,10,13-14H2,1H3/t16-,18+/m0/s1. The Hall–Kier alpha value is -2.63. The molecular formula is C20H24N4O2. The van der Waals surface area contributed by atoms with Gasteiger partial charge in [-0.15, -0.1) is 0 Å². The summed E-state index contributed by atoms with van der Waals surface area (Å²) in [7, 11) is 0. The highest BCUT2D eigenvalue weighted by molar-refractivity contribution is 5.95. The number of carbonyl (C=O) groups excluding carboxylic acids is 2. The Kier molecular flexibility index (Phi) is 4.49. The second-order valence-electron chi connectivity index (χ2n) is 7.17. The molecular weight excluding hydrogens is 328 g/mol. The molecule has 2 bridgehead atoms. The van der Waals surface area contributed by atoms with Gasteiger partial charge in [-0.2, -0.15) is 5.10 Å². The first-order valence-electron chi connectivity index (χ1n) is 9.37. The third-order valence-corrected chi connectivity index (χ3v) is 5.41.